The van der Waals surface area contributed by atoms with E-state index >= 15 is 0 Å². The number of hydrogen-bond donors (Lipinski definition) is 0. The number of methoxy groups -OCH3 is 1. The van der Waals surface area contributed by atoms with Gasteiger partial charge in [-0.2, -0.15) is 5.26 Å². The number of allylic oxidation sites excluding steroid dienone is 1. The van der Waals surface area contributed by atoms with Gasteiger partial charge in [0.2, 0.25) is 0 Å². The highest BCUT2D eigenvalue weighted by Gasteiger charge is 2.11. The number of hydrogen-bond acceptors (Lipinski definition) is 5. The van der Waals surface area contributed by atoms with Gasteiger partial charge in [0, 0.05) is 26.4 Å². The lowest BCUT2D eigenvalue weighted by Gasteiger charge is -2.03. The van der Waals surface area contributed by atoms with E-state index in [9.17, 15) is 5.26 Å². The van der Waals surface area contributed by atoms with Crippen LogP contribution in [0.5, 0.6) is 5.75 Å². The summed E-state index contributed by atoms with van der Waals surface area (Å²) < 4.78 is 6.14. The van der Waals surface area contributed by atoms with Crippen LogP contribution in [-0.4, -0.2) is 17.1 Å². The summed E-state index contributed by atoms with van der Waals surface area (Å²) in [6.07, 6.45) is 1.73. The molecule has 142 valence electrons. The molecule has 0 fully saturated rings. The van der Waals surface area contributed by atoms with Crippen LogP contribution in [-0.2, 0) is 0 Å². The molecule has 0 unspecified atom stereocenters. The monoisotopic (exact) mass is 481 g/mol. The second-order valence-corrected chi connectivity index (χ2v) is 8.27. The molecule has 0 aliphatic carbocycles. The molecule has 7 heteroatoms. The predicted molar refractivity (Wildman–Crippen MR) is 122 cm³/mol. The molecule has 4 rings (SSSR count). The summed E-state index contributed by atoms with van der Waals surface area (Å²) in [5, 5.41) is 13.5. The lowest BCUT2D eigenvalue weighted by Crippen LogP contribution is -1.87. The van der Waals surface area contributed by atoms with Gasteiger partial charge < -0.3 is 4.74 Å². The SMILES string of the molecule is COc1ccc(-c2csc(/C(C#N)=C/c3cc4cc(Br)ccc4nc3Cl)n2)cc1. The van der Waals surface area contributed by atoms with Crippen molar-refractivity contribution in [1.82, 2.24) is 9.97 Å². The van der Waals surface area contributed by atoms with Crippen molar-refractivity contribution in [1.29, 1.82) is 5.26 Å². The number of rotatable bonds is 4. The van der Waals surface area contributed by atoms with Crippen molar-refractivity contribution >= 4 is 61.4 Å². The van der Waals surface area contributed by atoms with E-state index in [1.165, 1.54) is 11.3 Å². The van der Waals surface area contributed by atoms with Crippen LogP contribution in [0.3, 0.4) is 0 Å². The van der Waals surface area contributed by atoms with Crippen LogP contribution >= 0.6 is 38.9 Å². The van der Waals surface area contributed by atoms with Crippen molar-refractivity contribution in [2.75, 3.05) is 7.11 Å². The molecule has 0 radical (unpaired) electrons. The van der Waals surface area contributed by atoms with Gasteiger partial charge >= 0.3 is 0 Å². The van der Waals surface area contributed by atoms with Crippen LogP contribution in [0.2, 0.25) is 5.15 Å². The normalized spacial score (nSPS) is 11.4. The molecule has 0 aliphatic rings. The molecule has 0 atom stereocenters. The lowest BCUT2D eigenvalue weighted by molar-refractivity contribution is 0.415. The quantitative estimate of drug-likeness (QED) is 0.236. The maximum absolute atomic E-state index is 9.70. The van der Waals surface area contributed by atoms with E-state index in [1.807, 2.05) is 53.9 Å². The number of aromatic nitrogens is 2. The summed E-state index contributed by atoms with van der Waals surface area (Å²) in [5.74, 6) is 0.784. The number of nitriles is 1. The molecule has 0 saturated heterocycles. The molecular weight excluding hydrogens is 470 g/mol. The first kappa shape index (κ1) is 19.6. The fourth-order valence-electron chi connectivity index (χ4n) is 2.83. The first-order valence-corrected chi connectivity index (χ1v) is 10.6. The van der Waals surface area contributed by atoms with Crippen molar-refractivity contribution in [2.24, 2.45) is 0 Å². The van der Waals surface area contributed by atoms with Gasteiger partial charge in [-0.3, -0.25) is 0 Å². The number of pyridine rings is 1. The highest BCUT2D eigenvalue weighted by molar-refractivity contribution is 9.10. The molecule has 2 heterocycles. The van der Waals surface area contributed by atoms with Crippen molar-refractivity contribution in [3.8, 4) is 23.1 Å². The molecule has 2 aromatic heterocycles. The van der Waals surface area contributed by atoms with Gasteiger partial charge in [-0.25, -0.2) is 9.97 Å². The Labute approximate surface area is 185 Å². The third kappa shape index (κ3) is 4.18. The highest BCUT2D eigenvalue weighted by Crippen LogP contribution is 2.30. The number of nitrogens with zero attached hydrogens (tertiary/aromatic N) is 3. The van der Waals surface area contributed by atoms with Crippen LogP contribution in [0, 0.1) is 11.3 Å². The minimum atomic E-state index is 0.347. The first-order valence-electron chi connectivity index (χ1n) is 8.55. The number of thiazole rings is 1. The Balaban J connectivity index is 1.71. The van der Waals surface area contributed by atoms with Crippen LogP contribution in [0.15, 0.2) is 58.4 Å². The average molecular weight is 483 g/mol. The van der Waals surface area contributed by atoms with Gasteiger partial charge in [0.05, 0.1) is 23.9 Å². The molecule has 2 aromatic carbocycles. The maximum atomic E-state index is 9.70. The van der Waals surface area contributed by atoms with E-state index in [0.717, 1.165) is 32.4 Å². The zero-order chi connectivity index (χ0) is 20.4. The molecule has 29 heavy (non-hydrogen) atoms. The Bertz CT molecular complexity index is 1280. The third-order valence-corrected chi connectivity index (χ3v) is 5.97. The Kier molecular flexibility index (Phi) is 5.63. The summed E-state index contributed by atoms with van der Waals surface area (Å²) in [4.78, 5) is 9.05. The molecule has 4 nitrogen and oxygen atoms in total. The standard InChI is InChI=1S/C22H13BrClN3OS/c1-28-18-5-2-13(3-6-18)20-12-29-22(27-20)16(11-25)9-15-8-14-10-17(23)4-7-19(14)26-21(15)24/h2-10,12H,1H3/b16-9+. The molecule has 0 saturated carbocycles. The van der Waals surface area contributed by atoms with Gasteiger partial charge in [-0.1, -0.05) is 27.5 Å². The zero-order valence-electron chi connectivity index (χ0n) is 15.2. The van der Waals surface area contributed by atoms with Crippen LogP contribution in [0.1, 0.15) is 10.6 Å². The van der Waals surface area contributed by atoms with Crippen LogP contribution in [0.25, 0.3) is 33.8 Å². The molecule has 0 N–H and O–H groups in total. The molecule has 0 spiro atoms. The molecular formula is C22H13BrClN3OS. The summed E-state index contributed by atoms with van der Waals surface area (Å²) >= 11 is 11.2. The highest BCUT2D eigenvalue weighted by atomic mass is 79.9. The molecule has 0 bridgehead atoms. The second-order valence-electron chi connectivity index (χ2n) is 6.14. The number of halogens is 2. The van der Waals surface area contributed by atoms with E-state index in [2.05, 4.69) is 32.0 Å². The second kappa shape index (κ2) is 8.34. The summed E-state index contributed by atoms with van der Waals surface area (Å²) in [5.41, 5.74) is 3.68. The fraction of sp³-hybridized carbons (Fsp3) is 0.0455. The van der Waals surface area contributed by atoms with Gasteiger partial charge in [-0.05, 0) is 54.6 Å². The Hall–Kier alpha value is -2.72. The lowest BCUT2D eigenvalue weighted by atomic mass is 10.1. The smallest absolute Gasteiger partial charge is 0.137 e. The summed E-state index contributed by atoms with van der Waals surface area (Å²) in [6, 6.07) is 17.6. The van der Waals surface area contributed by atoms with Crippen molar-refractivity contribution in [3.63, 3.8) is 0 Å². The van der Waals surface area contributed by atoms with Gasteiger partial charge in [0.25, 0.3) is 0 Å². The molecule has 0 aliphatic heterocycles. The summed E-state index contributed by atoms with van der Waals surface area (Å²) in [6.45, 7) is 0. The predicted octanol–water partition coefficient (Wildman–Crippen LogP) is 6.85. The summed E-state index contributed by atoms with van der Waals surface area (Å²) in [7, 11) is 1.63. The molecule has 4 aromatic rings. The average Bonchev–Trinajstić information content (AvgIpc) is 3.22. The number of fused-ring (bicyclic) bond motifs is 1. The van der Waals surface area contributed by atoms with E-state index in [4.69, 9.17) is 16.3 Å². The van der Waals surface area contributed by atoms with Gasteiger partial charge in [-0.15, -0.1) is 11.3 Å². The van der Waals surface area contributed by atoms with E-state index in [1.54, 1.807) is 13.2 Å². The topological polar surface area (TPSA) is 58.8 Å². The van der Waals surface area contributed by atoms with Crippen molar-refractivity contribution in [2.45, 2.75) is 0 Å². The van der Waals surface area contributed by atoms with Crippen molar-refractivity contribution in [3.05, 3.63) is 74.1 Å². The zero-order valence-corrected chi connectivity index (χ0v) is 18.3. The van der Waals surface area contributed by atoms with Gasteiger partial charge in [0.1, 0.15) is 22.0 Å². The minimum absolute atomic E-state index is 0.347. The number of benzene rings is 2. The third-order valence-electron chi connectivity index (χ3n) is 4.30. The molecule has 0 amide bonds. The Morgan fingerprint density at radius 2 is 1.97 bits per heavy atom. The van der Waals surface area contributed by atoms with E-state index in [0.29, 0.717) is 21.3 Å². The Morgan fingerprint density at radius 3 is 2.69 bits per heavy atom. The maximum Gasteiger partial charge on any atom is 0.137 e. The van der Waals surface area contributed by atoms with Crippen LogP contribution in [0.4, 0.5) is 0 Å². The van der Waals surface area contributed by atoms with Crippen LogP contribution < -0.4 is 4.74 Å². The minimum Gasteiger partial charge on any atom is -0.497 e. The largest absolute Gasteiger partial charge is 0.497 e. The van der Waals surface area contributed by atoms with E-state index < -0.39 is 0 Å². The van der Waals surface area contributed by atoms with Gasteiger partial charge in [0.15, 0.2) is 0 Å². The Morgan fingerprint density at radius 1 is 1.17 bits per heavy atom. The van der Waals surface area contributed by atoms with E-state index in [-0.39, 0.29) is 0 Å². The number of ether oxygens (including phenoxy) is 1. The van der Waals surface area contributed by atoms with Crippen molar-refractivity contribution < 1.29 is 4.74 Å². The fourth-order valence-corrected chi connectivity index (χ4v) is 4.20. The first-order chi connectivity index (χ1) is 14.1.